The minimum absolute atomic E-state index is 0.185. The Labute approximate surface area is 144 Å². The first-order chi connectivity index (χ1) is 11.6. The van der Waals surface area contributed by atoms with Gasteiger partial charge in [-0.05, 0) is 18.6 Å². The summed E-state index contributed by atoms with van der Waals surface area (Å²) in [6, 6.07) is 11.3. The Morgan fingerprint density at radius 1 is 1.38 bits per heavy atom. The van der Waals surface area contributed by atoms with Crippen LogP contribution in [0.5, 0.6) is 0 Å². The maximum absolute atomic E-state index is 12.2. The number of aryl methyl sites for hydroxylation is 1. The zero-order valence-electron chi connectivity index (χ0n) is 13.2. The van der Waals surface area contributed by atoms with Gasteiger partial charge in [-0.15, -0.1) is 11.3 Å². The van der Waals surface area contributed by atoms with E-state index in [1.165, 1.54) is 17.6 Å². The van der Waals surface area contributed by atoms with Gasteiger partial charge < -0.3 is 14.8 Å². The third kappa shape index (κ3) is 4.10. The van der Waals surface area contributed by atoms with Gasteiger partial charge in [0.15, 0.2) is 5.76 Å². The van der Waals surface area contributed by atoms with E-state index in [1.54, 1.807) is 6.07 Å². The van der Waals surface area contributed by atoms with Gasteiger partial charge in [0, 0.05) is 18.3 Å². The topological polar surface area (TPSA) is 75.4 Å². The number of amides is 1. The number of carbonyl (C=O) groups is 1. The largest absolute Gasteiger partial charge is 0.462 e. The molecule has 1 atom stereocenters. The molecule has 0 aliphatic rings. The number of nitrogens with zero attached hydrogens (tertiary/aromatic N) is 1. The molecule has 0 aliphatic carbocycles. The molecule has 0 saturated heterocycles. The Bertz CT molecular complexity index is 811. The smallest absolute Gasteiger partial charge is 0.254 e. The molecule has 2 heterocycles. The quantitative estimate of drug-likeness (QED) is 0.722. The molecule has 0 aliphatic heterocycles. The first-order valence-electron chi connectivity index (χ1n) is 7.63. The zero-order valence-corrected chi connectivity index (χ0v) is 14.0. The van der Waals surface area contributed by atoms with E-state index >= 15 is 0 Å². The Hall–Kier alpha value is -2.44. The lowest BCUT2D eigenvalue weighted by atomic mass is 10.1. The van der Waals surface area contributed by atoms with Crippen LogP contribution in [0.15, 0.2) is 52.5 Å². The van der Waals surface area contributed by atoms with Gasteiger partial charge in [0.2, 0.25) is 0 Å². The number of aliphatic hydroxyl groups is 1. The van der Waals surface area contributed by atoms with Gasteiger partial charge >= 0.3 is 0 Å². The number of aliphatic hydroxyl groups excluding tert-OH is 1. The molecule has 6 heteroatoms. The number of hydrogen-bond acceptors (Lipinski definition) is 5. The standard InChI is InChI=1S/C18H18N2O3S/c1-12-20-16(11-24-12)17-8-14(10-23-17)18(22)19-9-15(21)7-13-5-3-2-4-6-13/h2-6,8,10-11,15,21H,7,9H2,1H3,(H,19,22). The van der Waals surface area contributed by atoms with Crippen LogP contribution in [0, 0.1) is 6.92 Å². The molecule has 2 N–H and O–H groups in total. The number of benzene rings is 1. The maximum atomic E-state index is 12.2. The van der Waals surface area contributed by atoms with Crippen molar-refractivity contribution in [1.82, 2.24) is 10.3 Å². The van der Waals surface area contributed by atoms with E-state index in [4.69, 9.17) is 4.42 Å². The molecule has 1 aromatic carbocycles. The van der Waals surface area contributed by atoms with Crippen molar-refractivity contribution < 1.29 is 14.3 Å². The van der Waals surface area contributed by atoms with Crippen LogP contribution >= 0.6 is 11.3 Å². The number of hydrogen-bond donors (Lipinski definition) is 2. The predicted molar refractivity (Wildman–Crippen MR) is 93.0 cm³/mol. The highest BCUT2D eigenvalue weighted by atomic mass is 32.1. The summed E-state index contributed by atoms with van der Waals surface area (Å²) in [5, 5.41) is 15.6. The Morgan fingerprint density at radius 3 is 2.88 bits per heavy atom. The molecular weight excluding hydrogens is 324 g/mol. The summed E-state index contributed by atoms with van der Waals surface area (Å²) in [5.74, 6) is 0.290. The molecular formula is C18H18N2O3S. The molecule has 0 saturated carbocycles. The summed E-state index contributed by atoms with van der Waals surface area (Å²) in [6.45, 7) is 2.10. The summed E-state index contributed by atoms with van der Waals surface area (Å²) in [6.07, 6.45) is 1.27. The van der Waals surface area contributed by atoms with Crippen molar-refractivity contribution in [2.24, 2.45) is 0 Å². The third-order valence-electron chi connectivity index (χ3n) is 3.55. The highest BCUT2D eigenvalue weighted by Crippen LogP contribution is 2.23. The summed E-state index contributed by atoms with van der Waals surface area (Å²) in [5.41, 5.74) is 2.17. The average molecular weight is 342 g/mol. The zero-order chi connectivity index (χ0) is 16.9. The van der Waals surface area contributed by atoms with Crippen LogP contribution in [0.25, 0.3) is 11.5 Å². The summed E-state index contributed by atoms with van der Waals surface area (Å²) in [4.78, 5) is 16.5. The molecule has 0 bridgehead atoms. The van der Waals surface area contributed by atoms with E-state index in [9.17, 15) is 9.90 Å². The molecule has 0 radical (unpaired) electrons. The van der Waals surface area contributed by atoms with Gasteiger partial charge in [-0.3, -0.25) is 4.79 Å². The van der Waals surface area contributed by atoms with E-state index in [0.29, 0.717) is 17.7 Å². The Morgan fingerprint density at radius 2 is 2.17 bits per heavy atom. The van der Waals surface area contributed by atoms with Crippen LogP contribution in [-0.4, -0.2) is 28.6 Å². The Kier molecular flexibility index (Phi) is 5.08. The first-order valence-corrected chi connectivity index (χ1v) is 8.51. The SMILES string of the molecule is Cc1nc(-c2cc(C(=O)NCC(O)Cc3ccccc3)co2)cs1. The van der Waals surface area contributed by atoms with Crippen molar-refractivity contribution >= 4 is 17.2 Å². The van der Waals surface area contributed by atoms with Gasteiger partial charge in [-0.1, -0.05) is 30.3 Å². The second-order valence-corrected chi connectivity index (χ2v) is 6.57. The number of aromatic nitrogens is 1. The van der Waals surface area contributed by atoms with Gasteiger partial charge in [-0.2, -0.15) is 0 Å². The molecule has 1 unspecified atom stereocenters. The normalized spacial score (nSPS) is 12.1. The maximum Gasteiger partial charge on any atom is 0.254 e. The number of rotatable bonds is 6. The first kappa shape index (κ1) is 16.4. The fourth-order valence-corrected chi connectivity index (χ4v) is 2.94. The summed E-state index contributed by atoms with van der Waals surface area (Å²) < 4.78 is 5.41. The van der Waals surface area contributed by atoms with Crippen molar-refractivity contribution in [3.8, 4) is 11.5 Å². The lowest BCUT2D eigenvalue weighted by Gasteiger charge is -2.11. The lowest BCUT2D eigenvalue weighted by Crippen LogP contribution is -2.33. The molecule has 124 valence electrons. The third-order valence-corrected chi connectivity index (χ3v) is 4.32. The molecule has 0 fully saturated rings. The van der Waals surface area contributed by atoms with Crippen LogP contribution in [-0.2, 0) is 6.42 Å². The number of thiazole rings is 1. The molecule has 0 spiro atoms. The second kappa shape index (κ2) is 7.42. The van der Waals surface area contributed by atoms with Crippen molar-refractivity contribution in [3.63, 3.8) is 0 Å². The number of furan rings is 1. The highest BCUT2D eigenvalue weighted by molar-refractivity contribution is 7.09. The van der Waals surface area contributed by atoms with Crippen molar-refractivity contribution in [2.75, 3.05) is 6.54 Å². The van der Waals surface area contributed by atoms with Gasteiger partial charge in [0.1, 0.15) is 12.0 Å². The van der Waals surface area contributed by atoms with Gasteiger partial charge in [0.25, 0.3) is 5.91 Å². The summed E-state index contributed by atoms with van der Waals surface area (Å²) in [7, 11) is 0. The molecule has 1 amide bonds. The molecule has 5 nitrogen and oxygen atoms in total. The van der Waals surface area contributed by atoms with Crippen molar-refractivity contribution in [1.29, 1.82) is 0 Å². The number of carbonyl (C=O) groups excluding carboxylic acids is 1. The summed E-state index contributed by atoms with van der Waals surface area (Å²) >= 11 is 1.53. The molecule has 3 rings (SSSR count). The molecule has 3 aromatic rings. The monoisotopic (exact) mass is 342 g/mol. The minimum Gasteiger partial charge on any atom is -0.462 e. The van der Waals surface area contributed by atoms with Crippen LogP contribution in [0.3, 0.4) is 0 Å². The van der Waals surface area contributed by atoms with E-state index in [2.05, 4.69) is 10.3 Å². The molecule has 2 aromatic heterocycles. The number of nitrogens with one attached hydrogen (secondary N) is 1. The van der Waals surface area contributed by atoms with Crippen molar-refractivity contribution in [3.05, 3.63) is 64.2 Å². The van der Waals surface area contributed by atoms with Crippen molar-refractivity contribution in [2.45, 2.75) is 19.4 Å². The van der Waals surface area contributed by atoms with E-state index in [0.717, 1.165) is 16.3 Å². The average Bonchev–Trinajstić information content (AvgIpc) is 3.22. The highest BCUT2D eigenvalue weighted by Gasteiger charge is 2.14. The molecule has 24 heavy (non-hydrogen) atoms. The minimum atomic E-state index is -0.635. The Balaban J connectivity index is 1.54. The van der Waals surface area contributed by atoms with Crippen LogP contribution in [0.4, 0.5) is 0 Å². The van der Waals surface area contributed by atoms with Crippen LogP contribution in [0.1, 0.15) is 20.9 Å². The predicted octanol–water partition coefficient (Wildman–Crippen LogP) is 3.04. The van der Waals surface area contributed by atoms with Crippen LogP contribution < -0.4 is 5.32 Å². The van der Waals surface area contributed by atoms with E-state index in [1.807, 2.05) is 42.6 Å². The van der Waals surface area contributed by atoms with E-state index in [-0.39, 0.29) is 12.5 Å². The van der Waals surface area contributed by atoms with Crippen LogP contribution in [0.2, 0.25) is 0 Å². The second-order valence-electron chi connectivity index (χ2n) is 5.50. The van der Waals surface area contributed by atoms with E-state index < -0.39 is 6.10 Å². The lowest BCUT2D eigenvalue weighted by molar-refractivity contribution is 0.0915. The van der Waals surface area contributed by atoms with Gasteiger partial charge in [-0.25, -0.2) is 4.98 Å². The fraction of sp³-hybridized carbons (Fsp3) is 0.222. The van der Waals surface area contributed by atoms with Gasteiger partial charge in [0.05, 0.1) is 16.7 Å². The fourth-order valence-electron chi connectivity index (χ4n) is 2.34.